The topological polar surface area (TPSA) is 51.2 Å². The molecule has 0 saturated heterocycles. The van der Waals surface area contributed by atoms with Crippen molar-refractivity contribution in [3.05, 3.63) is 30.1 Å². The molecule has 2 rings (SSSR count). The fraction of sp³-hybridized carbons (Fsp3) is 0.625. The van der Waals surface area contributed by atoms with Crippen LogP contribution in [0.4, 0.5) is 0 Å². The van der Waals surface area contributed by atoms with E-state index < -0.39 is 0 Å². The summed E-state index contributed by atoms with van der Waals surface area (Å²) in [5, 5.41) is 3.57. The van der Waals surface area contributed by atoms with Crippen molar-refractivity contribution >= 4 is 5.97 Å². The smallest absolute Gasteiger partial charge is 0.308 e. The summed E-state index contributed by atoms with van der Waals surface area (Å²) in [4.78, 5) is 15.8. The molecule has 0 spiro atoms. The van der Waals surface area contributed by atoms with Gasteiger partial charge in [0.1, 0.15) is 0 Å². The molecule has 1 heterocycles. The number of carbonyl (C=O) groups excluding carboxylic acids is 1. The normalized spacial score (nSPS) is 22.4. The Labute approximate surface area is 120 Å². The van der Waals surface area contributed by atoms with E-state index in [9.17, 15) is 4.79 Å². The van der Waals surface area contributed by atoms with E-state index in [1.54, 1.807) is 0 Å². The van der Waals surface area contributed by atoms with Crippen LogP contribution in [0.3, 0.4) is 0 Å². The Kier molecular flexibility index (Phi) is 5.99. The summed E-state index contributed by atoms with van der Waals surface area (Å²) in [5.41, 5.74) is 1.30. The van der Waals surface area contributed by atoms with Gasteiger partial charge in [-0.25, -0.2) is 0 Å². The van der Waals surface area contributed by atoms with Crippen LogP contribution in [0, 0.1) is 5.92 Å². The van der Waals surface area contributed by atoms with Crippen molar-refractivity contribution in [1.29, 1.82) is 0 Å². The molecule has 0 aliphatic heterocycles. The molecular weight excluding hydrogens is 252 g/mol. The lowest BCUT2D eigenvalue weighted by molar-refractivity contribution is -0.149. The highest BCUT2D eigenvalue weighted by molar-refractivity contribution is 5.72. The van der Waals surface area contributed by atoms with Gasteiger partial charge >= 0.3 is 5.97 Å². The van der Waals surface area contributed by atoms with Crippen molar-refractivity contribution in [2.24, 2.45) is 5.92 Å². The van der Waals surface area contributed by atoms with Crippen LogP contribution in [0.15, 0.2) is 24.5 Å². The van der Waals surface area contributed by atoms with Crippen LogP contribution in [0.5, 0.6) is 0 Å². The Morgan fingerprint density at radius 1 is 1.40 bits per heavy atom. The minimum atomic E-state index is -0.0202. The highest BCUT2D eigenvalue weighted by atomic mass is 16.5. The van der Waals surface area contributed by atoms with Crippen molar-refractivity contribution in [1.82, 2.24) is 10.3 Å². The fourth-order valence-corrected chi connectivity index (χ4v) is 2.82. The van der Waals surface area contributed by atoms with Gasteiger partial charge in [-0.2, -0.15) is 0 Å². The number of pyridine rings is 1. The van der Waals surface area contributed by atoms with E-state index >= 15 is 0 Å². The predicted molar refractivity (Wildman–Crippen MR) is 78.3 cm³/mol. The summed E-state index contributed by atoms with van der Waals surface area (Å²) in [6.07, 6.45) is 8.81. The van der Waals surface area contributed by atoms with Crippen molar-refractivity contribution in [2.45, 2.75) is 45.1 Å². The Morgan fingerprint density at radius 3 is 2.95 bits per heavy atom. The molecule has 0 amide bonds. The van der Waals surface area contributed by atoms with Gasteiger partial charge in [0.15, 0.2) is 0 Å². The van der Waals surface area contributed by atoms with Gasteiger partial charge in [0, 0.05) is 18.4 Å². The third kappa shape index (κ3) is 4.60. The van der Waals surface area contributed by atoms with Crippen LogP contribution < -0.4 is 5.32 Å². The lowest BCUT2D eigenvalue weighted by Gasteiger charge is -2.28. The molecule has 4 nitrogen and oxygen atoms in total. The number of esters is 1. The Balaban J connectivity index is 1.71. The van der Waals surface area contributed by atoms with Crippen LogP contribution in [-0.2, 0) is 16.0 Å². The molecule has 1 aromatic rings. The molecule has 0 aromatic carbocycles. The zero-order chi connectivity index (χ0) is 14.2. The van der Waals surface area contributed by atoms with E-state index in [2.05, 4.69) is 10.3 Å². The number of hydrogen-bond donors (Lipinski definition) is 1. The van der Waals surface area contributed by atoms with Gasteiger partial charge in [-0.15, -0.1) is 0 Å². The molecule has 1 aliphatic rings. The average molecular weight is 276 g/mol. The maximum Gasteiger partial charge on any atom is 0.308 e. The number of aromatic nitrogens is 1. The van der Waals surface area contributed by atoms with Gasteiger partial charge in [-0.3, -0.25) is 9.78 Å². The third-order valence-corrected chi connectivity index (χ3v) is 3.89. The second-order valence-electron chi connectivity index (χ2n) is 5.37. The van der Waals surface area contributed by atoms with Gasteiger partial charge in [0.25, 0.3) is 0 Å². The lowest BCUT2D eigenvalue weighted by atomic mass is 9.85. The number of nitrogens with one attached hydrogen (secondary N) is 1. The Hall–Kier alpha value is -1.42. The summed E-state index contributed by atoms with van der Waals surface area (Å²) in [6.45, 7) is 3.30. The second-order valence-corrected chi connectivity index (χ2v) is 5.37. The molecule has 2 atom stereocenters. The first-order valence-corrected chi connectivity index (χ1v) is 7.58. The average Bonchev–Trinajstić information content (AvgIpc) is 2.49. The van der Waals surface area contributed by atoms with E-state index in [1.165, 1.54) is 5.56 Å². The summed E-state index contributed by atoms with van der Waals surface area (Å²) >= 11 is 0. The molecular formula is C16H24N2O2. The zero-order valence-electron chi connectivity index (χ0n) is 12.2. The van der Waals surface area contributed by atoms with Crippen molar-refractivity contribution in [2.75, 3.05) is 13.2 Å². The van der Waals surface area contributed by atoms with Gasteiger partial charge in [-0.05, 0) is 56.8 Å². The molecule has 1 saturated carbocycles. The predicted octanol–water partition coefficient (Wildman–Crippen LogP) is 2.34. The standard InChI is InChI=1S/C16H24N2O2/c1-2-20-16(19)14-4-3-5-15(12-14)18-11-8-13-6-9-17-10-7-13/h6-7,9-10,14-15,18H,2-5,8,11-12H2,1H3. The Bertz CT molecular complexity index is 408. The first-order valence-electron chi connectivity index (χ1n) is 7.58. The summed E-state index contributed by atoms with van der Waals surface area (Å²) in [6, 6.07) is 4.54. The third-order valence-electron chi connectivity index (χ3n) is 3.89. The molecule has 1 aromatic heterocycles. The molecule has 110 valence electrons. The minimum Gasteiger partial charge on any atom is -0.466 e. The molecule has 1 N–H and O–H groups in total. The highest BCUT2D eigenvalue weighted by Crippen LogP contribution is 2.25. The molecule has 4 heteroatoms. The maximum absolute atomic E-state index is 11.8. The lowest BCUT2D eigenvalue weighted by Crippen LogP contribution is -2.37. The van der Waals surface area contributed by atoms with Crippen molar-refractivity contribution in [3.63, 3.8) is 0 Å². The summed E-state index contributed by atoms with van der Waals surface area (Å²) in [7, 11) is 0. The van der Waals surface area contributed by atoms with Crippen LogP contribution in [0.25, 0.3) is 0 Å². The van der Waals surface area contributed by atoms with Crippen molar-refractivity contribution < 1.29 is 9.53 Å². The number of ether oxygens (including phenoxy) is 1. The monoisotopic (exact) mass is 276 g/mol. The molecule has 2 unspecified atom stereocenters. The molecule has 20 heavy (non-hydrogen) atoms. The number of rotatable bonds is 6. The first-order chi connectivity index (χ1) is 9.79. The summed E-state index contributed by atoms with van der Waals surface area (Å²) < 4.78 is 5.13. The zero-order valence-corrected chi connectivity index (χ0v) is 12.2. The quantitative estimate of drug-likeness (QED) is 0.810. The van der Waals surface area contributed by atoms with Crippen molar-refractivity contribution in [3.8, 4) is 0 Å². The highest BCUT2D eigenvalue weighted by Gasteiger charge is 2.27. The van der Waals surface area contributed by atoms with E-state index in [-0.39, 0.29) is 11.9 Å². The SMILES string of the molecule is CCOC(=O)C1CCCC(NCCc2ccncc2)C1. The number of carbonyl (C=O) groups is 1. The largest absolute Gasteiger partial charge is 0.466 e. The van der Waals surface area contributed by atoms with E-state index in [1.807, 2.05) is 31.5 Å². The van der Waals surface area contributed by atoms with E-state index in [0.29, 0.717) is 12.6 Å². The van der Waals surface area contributed by atoms with Crippen LogP contribution in [-0.4, -0.2) is 30.1 Å². The van der Waals surface area contributed by atoms with Crippen LogP contribution >= 0.6 is 0 Å². The number of nitrogens with zero attached hydrogens (tertiary/aromatic N) is 1. The first kappa shape index (κ1) is 15.0. The van der Waals surface area contributed by atoms with E-state index in [0.717, 1.165) is 38.6 Å². The molecule has 0 bridgehead atoms. The van der Waals surface area contributed by atoms with Gasteiger partial charge in [-0.1, -0.05) is 6.42 Å². The molecule has 1 fully saturated rings. The van der Waals surface area contributed by atoms with Crippen LogP contribution in [0.1, 0.15) is 38.2 Å². The van der Waals surface area contributed by atoms with Crippen LogP contribution in [0.2, 0.25) is 0 Å². The molecule has 0 radical (unpaired) electrons. The molecule has 1 aliphatic carbocycles. The van der Waals surface area contributed by atoms with E-state index in [4.69, 9.17) is 4.74 Å². The van der Waals surface area contributed by atoms with Gasteiger partial charge in [0.2, 0.25) is 0 Å². The van der Waals surface area contributed by atoms with Gasteiger partial charge < -0.3 is 10.1 Å². The minimum absolute atomic E-state index is 0.0202. The van der Waals surface area contributed by atoms with Gasteiger partial charge in [0.05, 0.1) is 12.5 Å². The summed E-state index contributed by atoms with van der Waals surface area (Å²) in [5.74, 6) is 0.0651. The number of hydrogen-bond acceptors (Lipinski definition) is 4. The second kappa shape index (κ2) is 8.00. The Morgan fingerprint density at radius 2 is 2.20 bits per heavy atom. The fourth-order valence-electron chi connectivity index (χ4n) is 2.82. The maximum atomic E-state index is 11.8.